The van der Waals surface area contributed by atoms with Gasteiger partial charge >= 0.3 is 0 Å². The van der Waals surface area contributed by atoms with Crippen molar-refractivity contribution in [3.05, 3.63) is 254 Å². The third kappa shape index (κ3) is 7.72. The normalized spacial score (nSPS) is 12.2. The Morgan fingerprint density at radius 1 is 0.311 bits per heavy atom. The molecule has 0 unspecified atom stereocenters. The molecule has 0 amide bonds. The van der Waals surface area contributed by atoms with Gasteiger partial charge in [0.2, 0.25) is 0 Å². The van der Waals surface area contributed by atoms with Crippen molar-refractivity contribution in [1.29, 1.82) is 0 Å². The van der Waals surface area contributed by atoms with Crippen LogP contribution in [-0.2, 0) is 10.8 Å². The van der Waals surface area contributed by atoms with Gasteiger partial charge in [-0.25, -0.2) is 0 Å². The summed E-state index contributed by atoms with van der Waals surface area (Å²) in [4.78, 5) is 2.45. The largest absolute Gasteiger partial charge is 0.310 e. The van der Waals surface area contributed by atoms with E-state index in [0.29, 0.717) is 0 Å². The highest BCUT2D eigenvalue weighted by atomic mass is 15.1. The molecule has 0 aliphatic rings. The molecule has 0 aliphatic carbocycles. The van der Waals surface area contributed by atoms with E-state index in [1.165, 1.54) is 115 Å². The minimum absolute atomic E-state index is 0.0230. The Hall–Kier alpha value is -8.72. The van der Waals surface area contributed by atoms with Gasteiger partial charge < -0.3 is 9.47 Å². The van der Waals surface area contributed by atoms with Crippen molar-refractivity contribution in [3.8, 4) is 50.2 Å². The van der Waals surface area contributed by atoms with Crippen LogP contribution >= 0.6 is 0 Å². The number of rotatable bonds is 8. The molecule has 0 radical (unpaired) electrons. The standard InChI is InChI=1S/C72H58N2/c1-71(2,3)55-32-42-67-63(45-55)64-46-56(72(4,5)6)33-43-68(64)74(67)66-41-31-52-28-38-61-65(40-30-51-29-39-62(66)70(52)69(51)61)73(57-34-24-48(25-35-57)54-21-15-20-53(44-54)47-16-9-7-10-17-47)58-36-26-50(27-37-58)60-23-14-13-22-59(60)49-18-11-8-12-19-49/h7-46H,1-6H3. The second-order valence-electron chi connectivity index (χ2n) is 22.2. The Bertz CT molecular complexity index is 4150. The predicted octanol–water partition coefficient (Wildman–Crippen LogP) is 20.4. The van der Waals surface area contributed by atoms with Crippen LogP contribution < -0.4 is 4.90 Å². The van der Waals surface area contributed by atoms with E-state index < -0.39 is 0 Å². The number of fused-ring (bicyclic) bond motifs is 3. The summed E-state index contributed by atoms with van der Waals surface area (Å²) in [5, 5.41) is 10.1. The maximum absolute atomic E-state index is 2.53. The van der Waals surface area contributed by atoms with Crippen molar-refractivity contribution >= 4 is 71.2 Å². The number of aromatic nitrogens is 1. The molecule has 0 saturated carbocycles. The monoisotopic (exact) mass is 950 g/mol. The lowest BCUT2D eigenvalue weighted by Crippen LogP contribution is -2.10. The van der Waals surface area contributed by atoms with Gasteiger partial charge in [0.1, 0.15) is 0 Å². The first-order valence-electron chi connectivity index (χ1n) is 26.1. The van der Waals surface area contributed by atoms with Crippen molar-refractivity contribution in [2.45, 2.75) is 52.4 Å². The highest BCUT2D eigenvalue weighted by Crippen LogP contribution is 2.47. The second kappa shape index (κ2) is 17.5. The molecule has 13 rings (SSSR count). The summed E-state index contributed by atoms with van der Waals surface area (Å²) >= 11 is 0. The molecule has 0 spiro atoms. The minimum Gasteiger partial charge on any atom is -0.310 e. The summed E-state index contributed by atoms with van der Waals surface area (Å²) in [5.74, 6) is 0. The highest BCUT2D eigenvalue weighted by molar-refractivity contribution is 6.27. The maximum atomic E-state index is 2.53. The van der Waals surface area contributed by atoms with Gasteiger partial charge in [0.05, 0.1) is 22.4 Å². The number of hydrogen-bond donors (Lipinski definition) is 0. The molecule has 12 aromatic carbocycles. The van der Waals surface area contributed by atoms with Crippen molar-refractivity contribution in [1.82, 2.24) is 4.57 Å². The third-order valence-electron chi connectivity index (χ3n) is 15.5. The smallest absolute Gasteiger partial charge is 0.0541 e. The number of hydrogen-bond acceptors (Lipinski definition) is 1. The molecule has 0 fully saturated rings. The van der Waals surface area contributed by atoms with E-state index in [4.69, 9.17) is 0 Å². The van der Waals surface area contributed by atoms with E-state index in [2.05, 4.69) is 294 Å². The van der Waals surface area contributed by atoms with Crippen LogP contribution in [0, 0.1) is 0 Å². The first-order valence-corrected chi connectivity index (χ1v) is 26.1. The van der Waals surface area contributed by atoms with Crippen LogP contribution in [0.2, 0.25) is 0 Å². The summed E-state index contributed by atoms with van der Waals surface area (Å²) in [7, 11) is 0. The minimum atomic E-state index is 0.0230. The average molecular weight is 951 g/mol. The lowest BCUT2D eigenvalue weighted by atomic mass is 9.85. The quantitative estimate of drug-likeness (QED) is 0.138. The maximum Gasteiger partial charge on any atom is 0.0541 e. The van der Waals surface area contributed by atoms with Gasteiger partial charge in [-0.05, 0) is 155 Å². The fourth-order valence-electron chi connectivity index (χ4n) is 11.5. The zero-order valence-corrected chi connectivity index (χ0v) is 43.0. The summed E-state index contributed by atoms with van der Waals surface area (Å²) in [6.07, 6.45) is 0. The highest BCUT2D eigenvalue weighted by Gasteiger charge is 2.24. The Morgan fingerprint density at radius 3 is 1.30 bits per heavy atom. The molecule has 1 aromatic heterocycles. The molecule has 0 N–H and O–H groups in total. The van der Waals surface area contributed by atoms with Gasteiger partial charge in [-0.2, -0.15) is 0 Å². The molecule has 2 heteroatoms. The summed E-state index contributed by atoms with van der Waals surface area (Å²) in [5.41, 5.74) is 19.3. The number of anilines is 3. The van der Waals surface area contributed by atoms with Crippen LogP contribution in [0.5, 0.6) is 0 Å². The molecular weight excluding hydrogens is 893 g/mol. The summed E-state index contributed by atoms with van der Waals surface area (Å²) in [6, 6.07) is 90.2. The van der Waals surface area contributed by atoms with E-state index in [1.807, 2.05) is 0 Å². The Labute approximate surface area is 434 Å². The second-order valence-corrected chi connectivity index (χ2v) is 22.2. The fourth-order valence-corrected chi connectivity index (χ4v) is 11.5. The zero-order valence-electron chi connectivity index (χ0n) is 43.0. The molecule has 0 atom stereocenters. The topological polar surface area (TPSA) is 8.17 Å². The molecule has 2 nitrogen and oxygen atoms in total. The van der Waals surface area contributed by atoms with Crippen LogP contribution in [0.15, 0.2) is 243 Å². The van der Waals surface area contributed by atoms with Crippen LogP contribution in [0.1, 0.15) is 52.7 Å². The summed E-state index contributed by atoms with van der Waals surface area (Å²) in [6.45, 7) is 13.9. The van der Waals surface area contributed by atoms with Gasteiger partial charge in [0.25, 0.3) is 0 Å². The first-order chi connectivity index (χ1) is 36.0. The van der Waals surface area contributed by atoms with E-state index in [0.717, 1.165) is 17.1 Å². The molecule has 1 heterocycles. The first kappa shape index (κ1) is 45.2. The van der Waals surface area contributed by atoms with Crippen molar-refractivity contribution in [3.63, 3.8) is 0 Å². The lowest BCUT2D eigenvalue weighted by molar-refractivity contribution is 0.590. The Kier molecular flexibility index (Phi) is 10.7. The van der Waals surface area contributed by atoms with Crippen LogP contribution in [-0.4, -0.2) is 4.57 Å². The molecule has 13 aromatic rings. The third-order valence-corrected chi connectivity index (χ3v) is 15.5. The lowest BCUT2D eigenvalue weighted by Gasteiger charge is -2.28. The molecule has 0 saturated heterocycles. The number of nitrogens with zero attached hydrogens (tertiary/aromatic N) is 2. The Morgan fingerprint density at radius 2 is 0.743 bits per heavy atom. The molecule has 0 aliphatic heterocycles. The van der Waals surface area contributed by atoms with E-state index in [-0.39, 0.29) is 10.8 Å². The molecule has 0 bridgehead atoms. The molecule has 356 valence electrons. The molecule has 74 heavy (non-hydrogen) atoms. The fraction of sp³-hybridized carbons (Fsp3) is 0.111. The van der Waals surface area contributed by atoms with Gasteiger partial charge in [-0.3, -0.25) is 0 Å². The summed E-state index contributed by atoms with van der Waals surface area (Å²) < 4.78 is 2.53. The van der Waals surface area contributed by atoms with E-state index >= 15 is 0 Å². The Balaban J connectivity index is 0.992. The van der Waals surface area contributed by atoms with Gasteiger partial charge in [-0.15, -0.1) is 0 Å². The van der Waals surface area contributed by atoms with Crippen molar-refractivity contribution in [2.24, 2.45) is 0 Å². The average Bonchev–Trinajstić information content (AvgIpc) is 3.77. The predicted molar refractivity (Wildman–Crippen MR) is 318 cm³/mol. The van der Waals surface area contributed by atoms with E-state index in [1.54, 1.807) is 0 Å². The van der Waals surface area contributed by atoms with Crippen molar-refractivity contribution in [2.75, 3.05) is 4.90 Å². The molecular formula is C72H58N2. The van der Waals surface area contributed by atoms with Crippen LogP contribution in [0.4, 0.5) is 17.1 Å². The van der Waals surface area contributed by atoms with Crippen LogP contribution in [0.3, 0.4) is 0 Å². The zero-order chi connectivity index (χ0) is 50.3. The number of benzene rings is 12. The SMILES string of the molecule is CC(C)(C)c1ccc2c(c1)c1cc(C(C)(C)C)ccc1n2-c1ccc2ccc3c(N(c4ccc(-c5cccc(-c6ccccc6)c5)cc4)c4ccc(-c5ccccc5-c5ccccc5)cc4)ccc4ccc1c2c43. The van der Waals surface area contributed by atoms with Gasteiger partial charge in [0.15, 0.2) is 0 Å². The van der Waals surface area contributed by atoms with Gasteiger partial charge in [0, 0.05) is 32.9 Å². The van der Waals surface area contributed by atoms with Crippen molar-refractivity contribution < 1.29 is 0 Å². The van der Waals surface area contributed by atoms with Gasteiger partial charge in [-0.1, -0.05) is 217 Å². The van der Waals surface area contributed by atoms with Crippen LogP contribution in [0.25, 0.3) is 104 Å². The van der Waals surface area contributed by atoms with E-state index in [9.17, 15) is 0 Å².